The minimum absolute atomic E-state index is 0. The van der Waals surface area contributed by atoms with E-state index in [0.29, 0.717) is 11.8 Å². The van der Waals surface area contributed by atoms with Crippen molar-refractivity contribution in [3.8, 4) is 5.75 Å². The fourth-order valence-electron chi connectivity index (χ4n) is 3.05. The molecule has 1 saturated heterocycles. The lowest BCUT2D eigenvalue weighted by Crippen LogP contribution is -2.45. The second-order valence-electron chi connectivity index (χ2n) is 5.87. The minimum Gasteiger partial charge on any atom is -0.494 e. The van der Waals surface area contributed by atoms with Crippen molar-refractivity contribution in [2.24, 2.45) is 5.92 Å². The maximum absolute atomic E-state index is 14.0. The van der Waals surface area contributed by atoms with E-state index in [9.17, 15) is 4.39 Å². The fraction of sp³-hybridized carbons (Fsp3) is 0.625. The van der Waals surface area contributed by atoms with Crippen LogP contribution in [0.1, 0.15) is 30.9 Å². The van der Waals surface area contributed by atoms with E-state index >= 15 is 0 Å². The molecular formula is C16H25Cl2FN2O. The van der Waals surface area contributed by atoms with Crippen molar-refractivity contribution < 1.29 is 9.13 Å². The van der Waals surface area contributed by atoms with Crippen LogP contribution in [0.3, 0.4) is 0 Å². The SMILES string of the molecule is COc1ccc([C@@H](CC2CC2)N2CCNCC2)cc1F.Cl.Cl. The van der Waals surface area contributed by atoms with Crippen molar-refractivity contribution in [3.63, 3.8) is 0 Å². The van der Waals surface area contributed by atoms with Crippen molar-refractivity contribution >= 4 is 24.8 Å². The van der Waals surface area contributed by atoms with E-state index in [1.165, 1.54) is 20.0 Å². The van der Waals surface area contributed by atoms with Gasteiger partial charge < -0.3 is 10.1 Å². The predicted molar refractivity (Wildman–Crippen MR) is 92.0 cm³/mol. The molecule has 6 heteroatoms. The first-order chi connectivity index (χ1) is 9.78. The summed E-state index contributed by atoms with van der Waals surface area (Å²) in [5, 5.41) is 3.38. The Morgan fingerprint density at radius 2 is 1.95 bits per heavy atom. The summed E-state index contributed by atoms with van der Waals surface area (Å²) in [5.41, 5.74) is 1.09. The van der Waals surface area contributed by atoms with Gasteiger partial charge in [-0.3, -0.25) is 4.90 Å². The highest BCUT2D eigenvalue weighted by Crippen LogP contribution is 2.40. The van der Waals surface area contributed by atoms with Crippen LogP contribution in [0.25, 0.3) is 0 Å². The average molecular weight is 351 g/mol. The molecule has 0 bridgehead atoms. The Morgan fingerprint density at radius 3 is 2.50 bits per heavy atom. The third-order valence-corrected chi connectivity index (χ3v) is 4.41. The number of hydrogen-bond acceptors (Lipinski definition) is 3. The molecule has 126 valence electrons. The first-order valence-electron chi connectivity index (χ1n) is 7.56. The molecule has 1 aromatic rings. The van der Waals surface area contributed by atoms with Crippen LogP contribution < -0.4 is 10.1 Å². The molecule has 0 aromatic heterocycles. The van der Waals surface area contributed by atoms with Crippen LogP contribution in [0.15, 0.2) is 18.2 Å². The number of hydrogen-bond donors (Lipinski definition) is 1. The number of benzene rings is 1. The van der Waals surface area contributed by atoms with E-state index in [0.717, 1.165) is 44.1 Å². The zero-order chi connectivity index (χ0) is 13.9. The molecule has 1 saturated carbocycles. The molecule has 1 heterocycles. The van der Waals surface area contributed by atoms with Gasteiger partial charge in [0, 0.05) is 32.2 Å². The molecular weight excluding hydrogens is 326 g/mol. The van der Waals surface area contributed by atoms with Gasteiger partial charge in [-0.15, -0.1) is 24.8 Å². The first kappa shape index (κ1) is 19.5. The Hall–Kier alpha value is -0.550. The van der Waals surface area contributed by atoms with E-state index in [-0.39, 0.29) is 30.6 Å². The number of ether oxygens (including phenoxy) is 1. The zero-order valence-corrected chi connectivity index (χ0v) is 14.5. The summed E-state index contributed by atoms with van der Waals surface area (Å²) < 4.78 is 19.0. The standard InChI is InChI=1S/C16H23FN2O.2ClH/c1-20-16-5-4-13(11-14(16)17)15(10-12-2-3-12)19-8-6-18-7-9-19;;/h4-5,11-12,15,18H,2-3,6-10H2,1H3;2*1H/t15-;;/m1../s1. The van der Waals surface area contributed by atoms with Gasteiger partial charge in [0.05, 0.1) is 7.11 Å². The average Bonchev–Trinajstić information content (AvgIpc) is 3.30. The summed E-state index contributed by atoms with van der Waals surface area (Å²) >= 11 is 0. The lowest BCUT2D eigenvalue weighted by Gasteiger charge is -2.35. The molecule has 0 spiro atoms. The Labute approximate surface area is 144 Å². The normalized spacial score (nSPS) is 19.7. The van der Waals surface area contributed by atoms with Crippen LogP contribution in [0, 0.1) is 11.7 Å². The number of nitrogens with one attached hydrogen (secondary N) is 1. The van der Waals surface area contributed by atoms with Crippen LogP contribution in [0.4, 0.5) is 4.39 Å². The monoisotopic (exact) mass is 350 g/mol. The molecule has 2 fully saturated rings. The molecule has 2 aliphatic rings. The molecule has 1 aliphatic carbocycles. The van der Waals surface area contributed by atoms with E-state index in [1.54, 1.807) is 12.1 Å². The summed E-state index contributed by atoms with van der Waals surface area (Å²) in [6, 6.07) is 5.79. The third-order valence-electron chi connectivity index (χ3n) is 4.41. The Morgan fingerprint density at radius 1 is 1.27 bits per heavy atom. The van der Waals surface area contributed by atoms with Crippen molar-refractivity contribution in [1.29, 1.82) is 0 Å². The van der Waals surface area contributed by atoms with Gasteiger partial charge in [-0.25, -0.2) is 4.39 Å². The van der Waals surface area contributed by atoms with Crippen LogP contribution in [0.2, 0.25) is 0 Å². The van der Waals surface area contributed by atoms with Crippen molar-refractivity contribution in [2.45, 2.75) is 25.3 Å². The molecule has 1 aromatic carbocycles. The summed E-state index contributed by atoms with van der Waals surface area (Å²) in [6.45, 7) is 4.15. The second kappa shape index (κ2) is 8.92. The molecule has 1 atom stereocenters. The van der Waals surface area contributed by atoms with Crippen molar-refractivity contribution in [2.75, 3.05) is 33.3 Å². The van der Waals surface area contributed by atoms with Gasteiger partial charge in [0.15, 0.2) is 11.6 Å². The highest BCUT2D eigenvalue weighted by atomic mass is 35.5. The number of piperazine rings is 1. The molecule has 1 N–H and O–H groups in total. The summed E-state index contributed by atoms with van der Waals surface area (Å²) in [4.78, 5) is 2.50. The molecule has 1 aliphatic heterocycles. The second-order valence-corrected chi connectivity index (χ2v) is 5.87. The smallest absolute Gasteiger partial charge is 0.165 e. The third kappa shape index (κ3) is 4.72. The zero-order valence-electron chi connectivity index (χ0n) is 12.9. The molecule has 0 amide bonds. The van der Waals surface area contributed by atoms with Crippen molar-refractivity contribution in [3.05, 3.63) is 29.6 Å². The van der Waals surface area contributed by atoms with Crippen LogP contribution in [-0.2, 0) is 0 Å². The number of halogens is 3. The van der Waals surface area contributed by atoms with E-state index in [1.807, 2.05) is 6.07 Å². The Kier molecular flexibility index (Phi) is 7.90. The number of methoxy groups -OCH3 is 1. The largest absolute Gasteiger partial charge is 0.494 e. The Bertz CT molecular complexity index is 465. The van der Waals surface area contributed by atoms with Crippen LogP contribution in [-0.4, -0.2) is 38.2 Å². The highest BCUT2D eigenvalue weighted by Gasteiger charge is 2.30. The lowest BCUT2D eigenvalue weighted by atomic mass is 9.98. The highest BCUT2D eigenvalue weighted by molar-refractivity contribution is 5.85. The number of rotatable bonds is 5. The quantitative estimate of drug-likeness (QED) is 0.880. The van der Waals surface area contributed by atoms with Gasteiger partial charge in [0.2, 0.25) is 0 Å². The molecule has 22 heavy (non-hydrogen) atoms. The molecule has 3 rings (SSSR count). The lowest BCUT2D eigenvalue weighted by molar-refractivity contribution is 0.160. The molecule has 0 radical (unpaired) electrons. The van der Waals surface area contributed by atoms with Gasteiger partial charge in [-0.1, -0.05) is 18.9 Å². The maximum Gasteiger partial charge on any atom is 0.165 e. The topological polar surface area (TPSA) is 24.5 Å². The predicted octanol–water partition coefficient (Wildman–Crippen LogP) is 3.42. The van der Waals surface area contributed by atoms with E-state index in [2.05, 4.69) is 10.2 Å². The number of nitrogens with zero attached hydrogens (tertiary/aromatic N) is 1. The minimum atomic E-state index is -0.249. The van der Waals surface area contributed by atoms with Crippen LogP contribution in [0.5, 0.6) is 5.75 Å². The summed E-state index contributed by atoms with van der Waals surface area (Å²) in [5.74, 6) is 0.917. The maximum atomic E-state index is 14.0. The molecule has 0 unspecified atom stereocenters. The van der Waals surface area contributed by atoms with Crippen LogP contribution >= 0.6 is 24.8 Å². The van der Waals surface area contributed by atoms with Gasteiger partial charge in [-0.2, -0.15) is 0 Å². The fourth-order valence-corrected chi connectivity index (χ4v) is 3.05. The van der Waals surface area contributed by atoms with E-state index in [4.69, 9.17) is 4.74 Å². The van der Waals surface area contributed by atoms with Gasteiger partial charge in [0.25, 0.3) is 0 Å². The Balaban J connectivity index is 0.00000121. The van der Waals surface area contributed by atoms with Crippen molar-refractivity contribution in [1.82, 2.24) is 10.2 Å². The van der Waals surface area contributed by atoms with Gasteiger partial charge >= 0.3 is 0 Å². The van der Waals surface area contributed by atoms with E-state index < -0.39 is 0 Å². The summed E-state index contributed by atoms with van der Waals surface area (Å²) in [7, 11) is 1.51. The summed E-state index contributed by atoms with van der Waals surface area (Å²) in [6.07, 6.45) is 3.83. The molecule has 3 nitrogen and oxygen atoms in total. The van der Waals surface area contributed by atoms with Gasteiger partial charge in [0.1, 0.15) is 0 Å². The first-order valence-corrected chi connectivity index (χ1v) is 7.56. The van der Waals surface area contributed by atoms with Gasteiger partial charge in [-0.05, 0) is 30.0 Å².